The minimum Gasteiger partial charge on any atom is -0.479 e. The van der Waals surface area contributed by atoms with Crippen LogP contribution in [0.2, 0.25) is 0 Å². The second-order valence-corrected chi connectivity index (χ2v) is 4.82. The predicted octanol–water partition coefficient (Wildman–Crippen LogP) is 0.789. The summed E-state index contributed by atoms with van der Waals surface area (Å²) < 4.78 is -0.878. The Morgan fingerprint density at radius 3 is 2.38 bits per heavy atom. The highest BCUT2D eigenvalue weighted by molar-refractivity contribution is 9.11. The maximum Gasteiger partial charge on any atom is 0.333 e. The molecule has 0 aliphatic rings. The molecule has 0 saturated carbocycles. The van der Waals surface area contributed by atoms with Crippen LogP contribution in [0.5, 0.6) is 0 Å². The first-order valence-corrected chi connectivity index (χ1v) is 5.18. The molecular weight excluding hydrogens is 258 g/mol. The average molecular weight is 270 g/mol. The molecule has 6 heteroatoms. The molecule has 0 amide bonds. The molecule has 0 saturated heterocycles. The van der Waals surface area contributed by atoms with E-state index in [0.717, 1.165) is 0 Å². The van der Waals surface area contributed by atoms with Crippen LogP contribution in [0.15, 0.2) is 0 Å². The number of hydrogen-bond acceptors (Lipinski definition) is 4. The Bertz CT molecular complexity index is 222. The van der Waals surface area contributed by atoms with E-state index in [2.05, 4.69) is 28.6 Å². The van der Waals surface area contributed by atoms with Gasteiger partial charge in [0.05, 0.1) is 4.16 Å². The van der Waals surface area contributed by atoms with Crippen LogP contribution in [0.1, 0.15) is 19.8 Å². The van der Waals surface area contributed by atoms with Crippen LogP contribution in [-0.2, 0) is 9.59 Å². The molecule has 2 atom stereocenters. The lowest BCUT2D eigenvalue weighted by atomic mass is 9.94. The zero-order valence-electron chi connectivity index (χ0n) is 7.16. The molecule has 0 spiro atoms. The number of carbonyl (C=O) groups is 2. The summed E-state index contributed by atoms with van der Waals surface area (Å²) in [5.74, 6) is -1.87. The molecule has 0 heterocycles. The lowest BCUT2D eigenvalue weighted by Crippen LogP contribution is -2.59. The number of thiol groups is 1. The Morgan fingerprint density at radius 1 is 1.69 bits per heavy atom. The van der Waals surface area contributed by atoms with E-state index in [0.29, 0.717) is 6.42 Å². The minimum absolute atomic E-state index is 0.144. The summed E-state index contributed by atoms with van der Waals surface area (Å²) in [6, 6.07) is 0. The van der Waals surface area contributed by atoms with Crippen molar-refractivity contribution in [3.05, 3.63) is 0 Å². The monoisotopic (exact) mass is 269 g/mol. The quantitative estimate of drug-likeness (QED) is 0.392. The fourth-order valence-corrected chi connectivity index (χ4v) is 1.49. The summed E-state index contributed by atoms with van der Waals surface area (Å²) in [6.45, 7) is 1.78. The predicted molar refractivity (Wildman–Crippen MR) is 56.2 cm³/mol. The molecule has 0 fully saturated rings. The lowest BCUT2D eigenvalue weighted by molar-refractivity contribution is -0.147. The zero-order valence-corrected chi connectivity index (χ0v) is 9.64. The van der Waals surface area contributed by atoms with Crippen molar-refractivity contribution in [1.29, 1.82) is 0 Å². The number of Topliss-reactive ketones (excluding diaryl/α,β-unsaturated/α-hetero) is 1. The van der Waals surface area contributed by atoms with E-state index in [4.69, 9.17) is 10.8 Å². The molecule has 0 aromatic heterocycles. The van der Waals surface area contributed by atoms with Gasteiger partial charge in [-0.05, 0) is 6.42 Å². The summed E-state index contributed by atoms with van der Waals surface area (Å²) in [5.41, 5.74) is 3.51. The summed E-state index contributed by atoms with van der Waals surface area (Å²) in [7, 11) is 0. The van der Waals surface area contributed by atoms with E-state index in [-0.39, 0.29) is 6.42 Å². The number of carboxylic acid groups (broad SMARTS) is 1. The van der Waals surface area contributed by atoms with Crippen molar-refractivity contribution >= 4 is 40.3 Å². The fourth-order valence-electron chi connectivity index (χ4n) is 0.788. The Kier molecular flexibility index (Phi) is 4.95. The Hall–Kier alpha value is -0.0700. The van der Waals surface area contributed by atoms with E-state index < -0.39 is 21.5 Å². The van der Waals surface area contributed by atoms with Gasteiger partial charge in [-0.3, -0.25) is 4.79 Å². The van der Waals surface area contributed by atoms with Crippen LogP contribution in [-0.4, -0.2) is 26.6 Å². The SMILES string of the molecule is CCCC(=O)C(N)(C(=O)O)C(S)Br. The van der Waals surface area contributed by atoms with Gasteiger partial charge < -0.3 is 10.8 Å². The third-order valence-electron chi connectivity index (χ3n) is 1.67. The number of carboxylic acids is 1. The van der Waals surface area contributed by atoms with Crippen LogP contribution in [0.3, 0.4) is 0 Å². The molecule has 2 unspecified atom stereocenters. The van der Waals surface area contributed by atoms with Crippen molar-refractivity contribution < 1.29 is 14.7 Å². The number of alkyl halides is 1. The summed E-state index contributed by atoms with van der Waals surface area (Å²) >= 11 is 6.75. The molecule has 0 aromatic rings. The maximum atomic E-state index is 11.4. The van der Waals surface area contributed by atoms with Gasteiger partial charge in [0.2, 0.25) is 0 Å². The van der Waals surface area contributed by atoms with Crippen LogP contribution in [0.4, 0.5) is 0 Å². The molecule has 76 valence electrons. The van der Waals surface area contributed by atoms with Crippen molar-refractivity contribution in [1.82, 2.24) is 0 Å². The molecule has 0 aliphatic carbocycles. The highest BCUT2D eigenvalue weighted by atomic mass is 79.9. The third-order valence-corrected chi connectivity index (χ3v) is 2.80. The molecule has 3 N–H and O–H groups in total. The summed E-state index contributed by atoms with van der Waals surface area (Å²) in [6.07, 6.45) is 0.712. The minimum atomic E-state index is -1.93. The van der Waals surface area contributed by atoms with Crippen LogP contribution in [0.25, 0.3) is 0 Å². The molecule has 0 aliphatic heterocycles. The van der Waals surface area contributed by atoms with Gasteiger partial charge >= 0.3 is 5.97 Å². The molecule has 4 nitrogen and oxygen atoms in total. The van der Waals surface area contributed by atoms with Crippen LogP contribution < -0.4 is 5.73 Å². The summed E-state index contributed by atoms with van der Waals surface area (Å²) in [4.78, 5) is 22.1. The number of carbonyl (C=O) groups excluding carboxylic acids is 1. The maximum absolute atomic E-state index is 11.4. The van der Waals surface area contributed by atoms with E-state index in [1.54, 1.807) is 6.92 Å². The first-order valence-electron chi connectivity index (χ1n) is 3.75. The average Bonchev–Trinajstić information content (AvgIpc) is 2.02. The number of hydrogen-bond donors (Lipinski definition) is 3. The second-order valence-electron chi connectivity index (χ2n) is 2.68. The lowest BCUT2D eigenvalue weighted by Gasteiger charge is -2.24. The highest BCUT2D eigenvalue weighted by Crippen LogP contribution is 2.22. The van der Waals surface area contributed by atoms with Gasteiger partial charge in [-0.25, -0.2) is 4.79 Å². The van der Waals surface area contributed by atoms with Gasteiger partial charge in [-0.1, -0.05) is 22.9 Å². The molecule has 13 heavy (non-hydrogen) atoms. The van der Waals surface area contributed by atoms with E-state index >= 15 is 0 Å². The first kappa shape index (κ1) is 12.9. The Labute approximate surface area is 90.4 Å². The number of aliphatic carboxylic acids is 1. The second kappa shape index (κ2) is 4.97. The standard InChI is InChI=1S/C7H12BrNO3S/c1-2-3-4(10)7(9,5(8)13)6(11)12/h5,13H,2-3,9H2,1H3,(H,11,12). The van der Waals surface area contributed by atoms with E-state index in [1.165, 1.54) is 0 Å². The van der Waals surface area contributed by atoms with Crippen molar-refractivity contribution in [2.24, 2.45) is 5.73 Å². The van der Waals surface area contributed by atoms with Gasteiger partial charge in [-0.15, -0.1) is 0 Å². The molecule has 0 rings (SSSR count). The van der Waals surface area contributed by atoms with Crippen molar-refractivity contribution in [2.45, 2.75) is 29.5 Å². The Balaban J connectivity index is 4.79. The topological polar surface area (TPSA) is 80.4 Å². The van der Waals surface area contributed by atoms with Crippen molar-refractivity contribution in [2.75, 3.05) is 0 Å². The van der Waals surface area contributed by atoms with Crippen LogP contribution >= 0.6 is 28.6 Å². The largest absolute Gasteiger partial charge is 0.479 e. The normalized spacial score (nSPS) is 17.5. The van der Waals surface area contributed by atoms with Crippen LogP contribution in [0, 0.1) is 0 Å². The fraction of sp³-hybridized carbons (Fsp3) is 0.714. The number of rotatable bonds is 5. The summed E-state index contributed by atoms with van der Waals surface area (Å²) in [5, 5.41) is 8.78. The van der Waals surface area contributed by atoms with E-state index in [1.807, 2.05) is 0 Å². The van der Waals surface area contributed by atoms with Crippen molar-refractivity contribution in [3.8, 4) is 0 Å². The molecule has 0 bridgehead atoms. The third kappa shape index (κ3) is 2.69. The first-order chi connectivity index (χ1) is 5.87. The van der Waals surface area contributed by atoms with Gasteiger partial charge in [0.25, 0.3) is 0 Å². The van der Waals surface area contributed by atoms with Gasteiger partial charge in [0, 0.05) is 6.42 Å². The molecule has 0 aromatic carbocycles. The molecule has 0 radical (unpaired) electrons. The highest BCUT2D eigenvalue weighted by Gasteiger charge is 2.45. The Morgan fingerprint density at radius 2 is 2.15 bits per heavy atom. The smallest absolute Gasteiger partial charge is 0.333 e. The number of ketones is 1. The number of halogens is 1. The van der Waals surface area contributed by atoms with Gasteiger partial charge in [0.1, 0.15) is 0 Å². The zero-order chi connectivity index (χ0) is 10.6. The van der Waals surface area contributed by atoms with Gasteiger partial charge in [-0.2, -0.15) is 12.6 Å². The molecular formula is C7H12BrNO3S. The van der Waals surface area contributed by atoms with E-state index in [9.17, 15) is 9.59 Å². The van der Waals surface area contributed by atoms with Crippen molar-refractivity contribution in [3.63, 3.8) is 0 Å². The number of nitrogens with two attached hydrogens (primary N) is 1. The van der Waals surface area contributed by atoms with Gasteiger partial charge in [0.15, 0.2) is 11.3 Å².